The van der Waals surface area contributed by atoms with Crippen molar-refractivity contribution in [2.45, 2.75) is 52.0 Å². The van der Waals surface area contributed by atoms with Gasteiger partial charge in [-0.3, -0.25) is 4.79 Å². The lowest BCUT2D eigenvalue weighted by molar-refractivity contribution is -0.127. The van der Waals surface area contributed by atoms with Crippen LogP contribution in [0.1, 0.15) is 46.0 Å². The topological polar surface area (TPSA) is 47.9 Å². The van der Waals surface area contributed by atoms with Crippen molar-refractivity contribution in [3.05, 3.63) is 12.7 Å². The summed E-state index contributed by atoms with van der Waals surface area (Å²) in [5.74, 6) is 0.830. The first-order valence-electron chi connectivity index (χ1n) is 8.25. The van der Waals surface area contributed by atoms with E-state index in [2.05, 4.69) is 35.6 Å². The Labute approximate surface area is 136 Å². The van der Waals surface area contributed by atoms with Gasteiger partial charge >= 0.3 is 0 Å². The summed E-state index contributed by atoms with van der Waals surface area (Å²) < 4.78 is 0. The Balaban J connectivity index is 4.51. The van der Waals surface area contributed by atoms with Crippen LogP contribution in [-0.4, -0.2) is 61.9 Å². The fraction of sp³-hybridized carbons (Fsp3) is 0.765. The Morgan fingerprint density at radius 2 is 1.95 bits per heavy atom. The Bertz CT molecular complexity index is 353. The molecule has 0 aromatic heterocycles. The van der Waals surface area contributed by atoms with Crippen LogP contribution in [-0.2, 0) is 4.79 Å². The molecule has 1 N–H and O–H groups in total. The van der Waals surface area contributed by atoms with Crippen LogP contribution in [0, 0.1) is 0 Å². The molecule has 0 saturated carbocycles. The summed E-state index contributed by atoms with van der Waals surface area (Å²) in [5.41, 5.74) is 0. The molecule has 0 radical (unpaired) electrons. The van der Waals surface area contributed by atoms with Gasteiger partial charge in [0.2, 0.25) is 5.91 Å². The van der Waals surface area contributed by atoms with E-state index in [1.165, 1.54) is 12.8 Å². The number of unbranched alkanes of at least 4 members (excludes halogenated alkanes) is 3. The highest BCUT2D eigenvalue weighted by molar-refractivity contribution is 5.84. The van der Waals surface area contributed by atoms with Gasteiger partial charge in [0, 0.05) is 33.7 Å². The van der Waals surface area contributed by atoms with Crippen LogP contribution >= 0.6 is 0 Å². The number of amides is 1. The Kier molecular flexibility index (Phi) is 11.2. The molecule has 1 atom stereocenters. The van der Waals surface area contributed by atoms with Crippen molar-refractivity contribution in [3.8, 4) is 0 Å². The van der Waals surface area contributed by atoms with Crippen molar-refractivity contribution < 1.29 is 4.79 Å². The summed E-state index contributed by atoms with van der Waals surface area (Å²) in [7, 11) is 5.54. The molecule has 128 valence electrons. The molecule has 0 rings (SSSR count). The molecule has 1 amide bonds. The number of aliphatic imine (C=N–C) groups is 1. The second-order valence-corrected chi connectivity index (χ2v) is 5.94. The van der Waals surface area contributed by atoms with E-state index in [9.17, 15) is 4.79 Å². The molecule has 0 bridgehead atoms. The minimum absolute atomic E-state index is 0.0165. The molecule has 0 aliphatic rings. The molecule has 22 heavy (non-hydrogen) atoms. The average molecular weight is 310 g/mol. The highest BCUT2D eigenvalue weighted by atomic mass is 16.2. The summed E-state index contributed by atoms with van der Waals surface area (Å²) in [6.45, 7) is 9.13. The van der Waals surface area contributed by atoms with Crippen molar-refractivity contribution in [2.24, 2.45) is 4.99 Å². The second-order valence-electron chi connectivity index (χ2n) is 5.94. The number of likely N-dealkylation sites (N-methyl/N-ethyl adjacent to an activating group) is 1. The van der Waals surface area contributed by atoms with Crippen LogP contribution in [0.2, 0.25) is 0 Å². The molecule has 0 aliphatic carbocycles. The minimum Gasteiger partial charge on any atom is -0.354 e. The number of hydrogen-bond acceptors (Lipinski definition) is 2. The summed E-state index contributed by atoms with van der Waals surface area (Å²) >= 11 is 0. The Hall–Kier alpha value is -1.52. The molecule has 0 spiro atoms. The van der Waals surface area contributed by atoms with E-state index in [4.69, 9.17) is 0 Å². The predicted molar refractivity (Wildman–Crippen MR) is 95.2 cm³/mol. The van der Waals surface area contributed by atoms with Crippen molar-refractivity contribution in [1.29, 1.82) is 0 Å². The van der Waals surface area contributed by atoms with Gasteiger partial charge in [0.05, 0.1) is 0 Å². The number of nitrogens with one attached hydrogen (secondary N) is 1. The van der Waals surface area contributed by atoms with Crippen molar-refractivity contribution in [2.75, 3.05) is 34.2 Å². The van der Waals surface area contributed by atoms with Gasteiger partial charge in [0.1, 0.15) is 6.54 Å². The predicted octanol–water partition coefficient (Wildman–Crippen LogP) is 2.50. The third-order valence-corrected chi connectivity index (χ3v) is 3.61. The number of rotatable bonds is 10. The van der Waals surface area contributed by atoms with Crippen LogP contribution in [0.4, 0.5) is 0 Å². The first-order chi connectivity index (χ1) is 10.4. The lowest BCUT2D eigenvalue weighted by atomic mass is 10.2. The number of carbonyl (C=O) groups is 1. The van der Waals surface area contributed by atoms with E-state index < -0.39 is 0 Å². The minimum atomic E-state index is 0.0165. The molecule has 0 saturated heterocycles. The third-order valence-electron chi connectivity index (χ3n) is 3.61. The van der Waals surface area contributed by atoms with E-state index in [0.29, 0.717) is 6.04 Å². The van der Waals surface area contributed by atoms with Gasteiger partial charge in [-0.1, -0.05) is 19.4 Å². The zero-order valence-corrected chi connectivity index (χ0v) is 15.1. The number of guanidine groups is 1. The number of hydrogen-bond donors (Lipinski definition) is 1. The highest BCUT2D eigenvalue weighted by Gasteiger charge is 2.10. The molecular formula is C17H34N4O. The van der Waals surface area contributed by atoms with Crippen LogP contribution in [0.25, 0.3) is 0 Å². The molecular weight excluding hydrogens is 276 g/mol. The van der Waals surface area contributed by atoms with E-state index in [-0.39, 0.29) is 12.5 Å². The summed E-state index contributed by atoms with van der Waals surface area (Å²) in [6.07, 6.45) is 7.55. The summed E-state index contributed by atoms with van der Waals surface area (Å²) in [6, 6.07) is 0.344. The highest BCUT2D eigenvalue weighted by Crippen LogP contribution is 2.02. The monoisotopic (exact) mass is 310 g/mol. The maximum Gasteiger partial charge on any atom is 0.243 e. The van der Waals surface area contributed by atoms with E-state index in [1.807, 2.05) is 13.1 Å². The number of carbonyl (C=O) groups excluding carboxylic acids is 1. The largest absolute Gasteiger partial charge is 0.354 e. The maximum atomic E-state index is 11.7. The van der Waals surface area contributed by atoms with Crippen molar-refractivity contribution in [3.63, 3.8) is 0 Å². The van der Waals surface area contributed by atoms with Crippen LogP contribution in [0.5, 0.6) is 0 Å². The number of allylic oxidation sites excluding steroid dienone is 1. The molecule has 0 fully saturated rings. The lowest BCUT2D eigenvalue weighted by Gasteiger charge is -2.25. The molecule has 5 heteroatoms. The lowest BCUT2D eigenvalue weighted by Crippen LogP contribution is -2.44. The van der Waals surface area contributed by atoms with Gasteiger partial charge in [0.25, 0.3) is 0 Å². The van der Waals surface area contributed by atoms with Gasteiger partial charge in [0.15, 0.2) is 5.96 Å². The first-order valence-corrected chi connectivity index (χ1v) is 8.25. The molecule has 0 aromatic rings. The fourth-order valence-electron chi connectivity index (χ4n) is 1.80. The zero-order valence-electron chi connectivity index (χ0n) is 15.1. The van der Waals surface area contributed by atoms with Gasteiger partial charge in [-0.05, 0) is 32.6 Å². The van der Waals surface area contributed by atoms with Crippen molar-refractivity contribution >= 4 is 11.9 Å². The SMILES string of the molecule is C=CCCCCCN(C)C(=NCC(=O)N(C)C)NC(C)CC. The average Bonchev–Trinajstić information content (AvgIpc) is 2.49. The fourth-order valence-corrected chi connectivity index (χ4v) is 1.80. The summed E-state index contributed by atoms with van der Waals surface area (Å²) in [5, 5.41) is 3.40. The normalized spacial score (nSPS) is 12.7. The van der Waals surface area contributed by atoms with E-state index in [0.717, 1.165) is 31.8 Å². The van der Waals surface area contributed by atoms with Gasteiger partial charge in [-0.15, -0.1) is 6.58 Å². The first kappa shape index (κ1) is 20.5. The third kappa shape index (κ3) is 9.42. The standard InChI is InChI=1S/C17H34N4O/c1-7-9-10-11-12-13-21(6)17(19-15(3)8-2)18-14-16(22)20(4)5/h7,15H,1,8-14H2,2-6H3,(H,18,19). The second kappa shape index (κ2) is 12.1. The zero-order chi connectivity index (χ0) is 17.0. The maximum absolute atomic E-state index is 11.7. The van der Waals surface area contributed by atoms with Gasteiger partial charge in [-0.25, -0.2) is 4.99 Å². The smallest absolute Gasteiger partial charge is 0.243 e. The molecule has 0 heterocycles. The quantitative estimate of drug-likeness (QED) is 0.292. The Morgan fingerprint density at radius 1 is 1.27 bits per heavy atom. The van der Waals surface area contributed by atoms with Gasteiger partial charge < -0.3 is 15.1 Å². The van der Waals surface area contributed by atoms with E-state index in [1.54, 1.807) is 19.0 Å². The van der Waals surface area contributed by atoms with Crippen molar-refractivity contribution in [1.82, 2.24) is 15.1 Å². The van der Waals surface area contributed by atoms with E-state index >= 15 is 0 Å². The molecule has 0 aliphatic heterocycles. The molecule has 5 nitrogen and oxygen atoms in total. The molecule has 1 unspecified atom stereocenters. The van der Waals surface area contributed by atoms with Gasteiger partial charge in [-0.2, -0.15) is 0 Å². The summed E-state index contributed by atoms with van der Waals surface area (Å²) in [4.78, 5) is 19.9. The molecule has 0 aromatic carbocycles. The van der Waals surface area contributed by atoms with Crippen LogP contribution in [0.15, 0.2) is 17.6 Å². The number of nitrogens with zero attached hydrogens (tertiary/aromatic N) is 3. The van der Waals surface area contributed by atoms with Crippen LogP contribution in [0.3, 0.4) is 0 Å². The van der Waals surface area contributed by atoms with Crippen LogP contribution < -0.4 is 5.32 Å². The Morgan fingerprint density at radius 3 is 2.50 bits per heavy atom.